The van der Waals surface area contributed by atoms with Gasteiger partial charge < -0.3 is 9.84 Å². The Morgan fingerprint density at radius 3 is 2.76 bits per heavy atom. The second-order valence-corrected chi connectivity index (χ2v) is 3.65. The lowest BCUT2D eigenvalue weighted by Gasteiger charge is -2.08. The van der Waals surface area contributed by atoms with E-state index >= 15 is 0 Å². The number of halogens is 1. The first-order valence-electron chi connectivity index (χ1n) is 5.13. The van der Waals surface area contributed by atoms with Crippen molar-refractivity contribution in [1.29, 1.82) is 0 Å². The molecule has 2 rings (SSSR count). The molecule has 0 radical (unpaired) electrons. The SMILES string of the molecule is COc1ccc(F)cc1-c1cc(CO)nn1C. The number of ether oxygens (including phenoxy) is 1. The van der Waals surface area contributed by atoms with Gasteiger partial charge in [-0.3, -0.25) is 4.68 Å². The van der Waals surface area contributed by atoms with E-state index in [2.05, 4.69) is 5.10 Å². The molecule has 1 aromatic carbocycles. The first-order valence-corrected chi connectivity index (χ1v) is 5.13. The lowest BCUT2D eigenvalue weighted by molar-refractivity contribution is 0.275. The van der Waals surface area contributed by atoms with Gasteiger partial charge in [0.25, 0.3) is 0 Å². The van der Waals surface area contributed by atoms with Gasteiger partial charge in [0.2, 0.25) is 0 Å². The minimum Gasteiger partial charge on any atom is -0.496 e. The van der Waals surface area contributed by atoms with Gasteiger partial charge in [-0.05, 0) is 24.3 Å². The van der Waals surface area contributed by atoms with Crippen LogP contribution in [0, 0.1) is 5.82 Å². The molecule has 4 nitrogen and oxygen atoms in total. The number of aliphatic hydroxyl groups is 1. The van der Waals surface area contributed by atoms with E-state index in [4.69, 9.17) is 9.84 Å². The number of rotatable bonds is 3. The van der Waals surface area contributed by atoms with Crippen molar-refractivity contribution in [1.82, 2.24) is 9.78 Å². The van der Waals surface area contributed by atoms with E-state index in [-0.39, 0.29) is 12.4 Å². The number of aliphatic hydroxyl groups excluding tert-OH is 1. The maximum atomic E-state index is 13.3. The van der Waals surface area contributed by atoms with E-state index < -0.39 is 0 Å². The van der Waals surface area contributed by atoms with Gasteiger partial charge in [-0.1, -0.05) is 0 Å². The predicted molar refractivity (Wildman–Crippen MR) is 61.1 cm³/mol. The maximum Gasteiger partial charge on any atom is 0.128 e. The minimum absolute atomic E-state index is 0.147. The van der Waals surface area contributed by atoms with E-state index in [1.165, 1.54) is 19.2 Å². The summed E-state index contributed by atoms with van der Waals surface area (Å²) < 4.78 is 20.0. The average molecular weight is 236 g/mol. The van der Waals surface area contributed by atoms with Crippen molar-refractivity contribution >= 4 is 0 Å². The van der Waals surface area contributed by atoms with Gasteiger partial charge in [-0.2, -0.15) is 5.10 Å². The molecule has 0 bridgehead atoms. The highest BCUT2D eigenvalue weighted by atomic mass is 19.1. The van der Waals surface area contributed by atoms with Gasteiger partial charge in [0.05, 0.1) is 25.1 Å². The summed E-state index contributed by atoms with van der Waals surface area (Å²) in [6.07, 6.45) is 0. The van der Waals surface area contributed by atoms with Crippen LogP contribution in [0.15, 0.2) is 24.3 Å². The number of benzene rings is 1. The van der Waals surface area contributed by atoms with E-state index in [0.717, 1.165) is 0 Å². The van der Waals surface area contributed by atoms with Gasteiger partial charge in [0.1, 0.15) is 11.6 Å². The van der Waals surface area contributed by atoms with Gasteiger partial charge in [0, 0.05) is 12.6 Å². The van der Waals surface area contributed by atoms with Crippen LogP contribution in [0.1, 0.15) is 5.69 Å². The largest absolute Gasteiger partial charge is 0.496 e. The van der Waals surface area contributed by atoms with Crippen molar-refractivity contribution in [2.75, 3.05) is 7.11 Å². The Morgan fingerprint density at radius 1 is 1.41 bits per heavy atom. The number of aromatic nitrogens is 2. The zero-order chi connectivity index (χ0) is 12.4. The summed E-state index contributed by atoms with van der Waals surface area (Å²) in [5, 5.41) is 13.1. The van der Waals surface area contributed by atoms with Crippen LogP contribution in [0.2, 0.25) is 0 Å². The molecule has 0 aliphatic rings. The summed E-state index contributed by atoms with van der Waals surface area (Å²) in [5.41, 5.74) is 1.85. The molecule has 0 spiro atoms. The summed E-state index contributed by atoms with van der Waals surface area (Å²) in [5.74, 6) is 0.228. The molecule has 0 aliphatic carbocycles. The van der Waals surface area contributed by atoms with Crippen LogP contribution < -0.4 is 4.74 Å². The minimum atomic E-state index is -0.340. The first kappa shape index (κ1) is 11.6. The summed E-state index contributed by atoms with van der Waals surface area (Å²) >= 11 is 0. The Hall–Kier alpha value is -1.88. The third-order valence-electron chi connectivity index (χ3n) is 2.53. The van der Waals surface area contributed by atoms with Gasteiger partial charge in [0.15, 0.2) is 0 Å². The van der Waals surface area contributed by atoms with Crippen molar-refractivity contribution in [3.05, 3.63) is 35.8 Å². The zero-order valence-electron chi connectivity index (χ0n) is 9.64. The third-order valence-corrected chi connectivity index (χ3v) is 2.53. The fraction of sp³-hybridized carbons (Fsp3) is 0.250. The lowest BCUT2D eigenvalue weighted by Crippen LogP contribution is -1.97. The average Bonchev–Trinajstić information content (AvgIpc) is 2.70. The van der Waals surface area contributed by atoms with Gasteiger partial charge in [-0.25, -0.2) is 4.39 Å². The molecule has 90 valence electrons. The first-order chi connectivity index (χ1) is 8.15. The van der Waals surface area contributed by atoms with Crippen LogP contribution in [-0.4, -0.2) is 22.0 Å². The summed E-state index contributed by atoms with van der Waals surface area (Å²) in [6.45, 7) is -0.147. The molecule has 1 aromatic heterocycles. The molecule has 1 N–H and O–H groups in total. The Kier molecular flexibility index (Phi) is 3.10. The second-order valence-electron chi connectivity index (χ2n) is 3.65. The smallest absolute Gasteiger partial charge is 0.128 e. The highest BCUT2D eigenvalue weighted by Gasteiger charge is 2.12. The number of hydrogen-bond donors (Lipinski definition) is 1. The third kappa shape index (κ3) is 2.14. The molecule has 0 saturated carbocycles. The summed E-state index contributed by atoms with van der Waals surface area (Å²) in [7, 11) is 3.26. The molecule has 2 aromatic rings. The van der Waals surface area contributed by atoms with Crippen LogP contribution >= 0.6 is 0 Å². The highest BCUT2D eigenvalue weighted by Crippen LogP contribution is 2.30. The van der Waals surface area contributed by atoms with Crippen molar-refractivity contribution in [3.63, 3.8) is 0 Å². The highest BCUT2D eigenvalue weighted by molar-refractivity contribution is 5.67. The second kappa shape index (κ2) is 4.55. The number of methoxy groups -OCH3 is 1. The predicted octanol–water partition coefficient (Wildman–Crippen LogP) is 1.73. The van der Waals surface area contributed by atoms with Crippen molar-refractivity contribution < 1.29 is 14.2 Å². The Bertz CT molecular complexity index is 537. The molecular formula is C12H13FN2O2. The van der Waals surface area contributed by atoms with Crippen molar-refractivity contribution in [3.8, 4) is 17.0 Å². The molecule has 5 heteroatoms. The van der Waals surface area contributed by atoms with Crippen LogP contribution in [0.25, 0.3) is 11.3 Å². The maximum absolute atomic E-state index is 13.3. The number of hydrogen-bond acceptors (Lipinski definition) is 3. The van der Waals surface area contributed by atoms with E-state index in [9.17, 15) is 4.39 Å². The van der Waals surface area contributed by atoms with Gasteiger partial charge >= 0.3 is 0 Å². The molecular weight excluding hydrogens is 223 g/mol. The molecule has 0 fully saturated rings. The monoisotopic (exact) mass is 236 g/mol. The lowest BCUT2D eigenvalue weighted by atomic mass is 10.1. The molecule has 0 saturated heterocycles. The Morgan fingerprint density at radius 2 is 2.18 bits per heavy atom. The fourth-order valence-electron chi connectivity index (χ4n) is 1.74. The zero-order valence-corrected chi connectivity index (χ0v) is 9.64. The Balaban J connectivity index is 2.58. The topological polar surface area (TPSA) is 47.3 Å². The van der Waals surface area contributed by atoms with Crippen molar-refractivity contribution in [2.24, 2.45) is 7.05 Å². The molecule has 0 aliphatic heterocycles. The quantitative estimate of drug-likeness (QED) is 0.882. The van der Waals surface area contributed by atoms with Gasteiger partial charge in [-0.15, -0.1) is 0 Å². The summed E-state index contributed by atoms with van der Waals surface area (Å²) in [6, 6.07) is 6.00. The van der Waals surface area contributed by atoms with Crippen LogP contribution in [-0.2, 0) is 13.7 Å². The van der Waals surface area contributed by atoms with E-state index in [1.54, 1.807) is 23.9 Å². The number of aryl methyl sites for hydroxylation is 1. The molecule has 0 atom stereocenters. The van der Waals surface area contributed by atoms with E-state index in [0.29, 0.717) is 22.7 Å². The Labute approximate surface area is 98.3 Å². The molecule has 0 unspecified atom stereocenters. The number of nitrogens with zero attached hydrogens (tertiary/aromatic N) is 2. The summed E-state index contributed by atoms with van der Waals surface area (Å²) in [4.78, 5) is 0. The normalized spacial score (nSPS) is 10.6. The van der Waals surface area contributed by atoms with Crippen LogP contribution in [0.3, 0.4) is 0 Å². The molecule has 17 heavy (non-hydrogen) atoms. The van der Waals surface area contributed by atoms with E-state index in [1.807, 2.05) is 0 Å². The van der Waals surface area contributed by atoms with Crippen LogP contribution in [0.5, 0.6) is 5.75 Å². The fourth-order valence-corrected chi connectivity index (χ4v) is 1.74. The molecule has 0 amide bonds. The van der Waals surface area contributed by atoms with Crippen molar-refractivity contribution in [2.45, 2.75) is 6.61 Å². The molecule has 1 heterocycles. The van der Waals surface area contributed by atoms with Crippen LogP contribution in [0.4, 0.5) is 4.39 Å². The standard InChI is InChI=1S/C12H13FN2O2/c1-15-11(6-9(7-16)14-15)10-5-8(13)3-4-12(10)17-2/h3-6,16H,7H2,1-2H3.